The average Bonchev–Trinajstić information content (AvgIpc) is 2.37. The Labute approximate surface area is 83.7 Å². The fourth-order valence-electron chi connectivity index (χ4n) is 0.609. The zero-order valence-corrected chi connectivity index (χ0v) is 9.56. The molecule has 0 aliphatic rings. The smallest absolute Gasteiger partial charge is 0.151 e. The van der Waals surface area contributed by atoms with Crippen LogP contribution < -0.4 is 0 Å². The molecule has 1 aromatic rings. The fourth-order valence-corrected chi connectivity index (χ4v) is 3.14. The van der Waals surface area contributed by atoms with Crippen LogP contribution in [0.5, 0.6) is 0 Å². The number of halogens is 1. The maximum Gasteiger partial charge on any atom is 0.151 e. The summed E-state index contributed by atoms with van der Waals surface area (Å²) in [7, 11) is 0. The van der Waals surface area contributed by atoms with Gasteiger partial charge in [0.25, 0.3) is 0 Å². The number of aromatic nitrogens is 1. The Balaban J connectivity index is 2.27. The third-order valence-corrected chi connectivity index (χ3v) is 4.00. The summed E-state index contributed by atoms with van der Waals surface area (Å²) >= 11 is 6.88. The molecular formula is C7H10BrNS2. The molecule has 0 aromatic carbocycles. The van der Waals surface area contributed by atoms with Crippen LogP contribution in [0.3, 0.4) is 0 Å². The van der Waals surface area contributed by atoms with Gasteiger partial charge in [-0.3, -0.25) is 0 Å². The maximum atomic E-state index is 4.28. The Morgan fingerprint density at radius 3 is 3.09 bits per heavy atom. The normalized spacial score (nSPS) is 10.4. The molecule has 1 nitrogen and oxygen atoms in total. The number of thiazole rings is 1. The van der Waals surface area contributed by atoms with E-state index in [9.17, 15) is 0 Å². The molecule has 0 saturated carbocycles. The van der Waals surface area contributed by atoms with Crippen LogP contribution in [0.25, 0.3) is 0 Å². The van der Waals surface area contributed by atoms with E-state index in [-0.39, 0.29) is 0 Å². The Morgan fingerprint density at radius 2 is 2.55 bits per heavy atom. The van der Waals surface area contributed by atoms with Gasteiger partial charge in [-0.25, -0.2) is 4.98 Å². The zero-order valence-electron chi connectivity index (χ0n) is 6.34. The summed E-state index contributed by atoms with van der Waals surface area (Å²) in [5.74, 6) is 1.19. The molecule has 4 heteroatoms. The van der Waals surface area contributed by atoms with Crippen molar-refractivity contribution in [3.63, 3.8) is 0 Å². The molecule has 0 saturated heterocycles. The van der Waals surface area contributed by atoms with Gasteiger partial charge in [-0.05, 0) is 22.4 Å². The van der Waals surface area contributed by atoms with Crippen molar-refractivity contribution in [3.05, 3.63) is 9.98 Å². The summed E-state index contributed by atoms with van der Waals surface area (Å²) < 4.78 is 2.13. The largest absolute Gasteiger partial charge is 0.223 e. The first-order valence-corrected chi connectivity index (χ1v) is 6.22. The van der Waals surface area contributed by atoms with Crippen molar-refractivity contribution < 1.29 is 0 Å². The second kappa shape index (κ2) is 5.17. The lowest BCUT2D eigenvalue weighted by Crippen LogP contribution is -1.76. The lowest BCUT2D eigenvalue weighted by Gasteiger charge is -1.92. The van der Waals surface area contributed by atoms with Gasteiger partial charge in [-0.2, -0.15) is 0 Å². The van der Waals surface area contributed by atoms with Gasteiger partial charge in [0.05, 0.1) is 0 Å². The highest BCUT2D eigenvalue weighted by Crippen LogP contribution is 2.25. The standard InChI is InChI=1S/C7H10BrNS2/c1-2-3-4-10-7-9-6(8)5-11-7/h5H,2-4H2,1H3. The number of unbranched alkanes of at least 4 members (excludes halogenated alkanes) is 1. The Kier molecular flexibility index (Phi) is 4.48. The second-order valence-electron chi connectivity index (χ2n) is 2.14. The van der Waals surface area contributed by atoms with Crippen molar-refractivity contribution in [2.75, 3.05) is 5.75 Å². The van der Waals surface area contributed by atoms with Gasteiger partial charge in [0.15, 0.2) is 4.34 Å². The van der Waals surface area contributed by atoms with Crippen LogP contribution >= 0.6 is 39.0 Å². The maximum absolute atomic E-state index is 4.28. The molecule has 1 heterocycles. The van der Waals surface area contributed by atoms with Crippen molar-refractivity contribution in [1.29, 1.82) is 0 Å². The molecule has 1 aromatic heterocycles. The first-order chi connectivity index (χ1) is 5.33. The molecule has 0 atom stereocenters. The number of nitrogens with zero attached hydrogens (tertiary/aromatic N) is 1. The molecule has 1 rings (SSSR count). The average molecular weight is 252 g/mol. The van der Waals surface area contributed by atoms with Gasteiger partial charge in [0.1, 0.15) is 4.60 Å². The highest BCUT2D eigenvalue weighted by molar-refractivity contribution is 9.10. The van der Waals surface area contributed by atoms with Crippen LogP contribution in [-0.2, 0) is 0 Å². The molecule has 11 heavy (non-hydrogen) atoms. The van der Waals surface area contributed by atoms with Gasteiger partial charge >= 0.3 is 0 Å². The number of hydrogen-bond donors (Lipinski definition) is 0. The highest BCUT2D eigenvalue weighted by atomic mass is 79.9. The molecule has 0 amide bonds. The molecular weight excluding hydrogens is 242 g/mol. The predicted molar refractivity (Wildman–Crippen MR) is 55.4 cm³/mol. The number of thioether (sulfide) groups is 1. The molecule has 0 spiro atoms. The van der Waals surface area contributed by atoms with E-state index in [4.69, 9.17) is 0 Å². The lowest BCUT2D eigenvalue weighted by atomic mass is 10.4. The zero-order chi connectivity index (χ0) is 8.10. The third-order valence-electron chi connectivity index (χ3n) is 1.18. The molecule has 0 aliphatic carbocycles. The summed E-state index contributed by atoms with van der Waals surface area (Å²) in [6.45, 7) is 2.21. The molecule has 0 fully saturated rings. The molecule has 0 aliphatic heterocycles. The van der Waals surface area contributed by atoms with Gasteiger partial charge in [0.2, 0.25) is 0 Å². The second-order valence-corrected chi connectivity index (χ2v) is 5.15. The minimum atomic E-state index is 0.960. The highest BCUT2D eigenvalue weighted by Gasteiger charge is 1.98. The third kappa shape index (κ3) is 3.58. The number of rotatable bonds is 4. The van der Waals surface area contributed by atoms with Crippen molar-refractivity contribution in [1.82, 2.24) is 4.98 Å². The quantitative estimate of drug-likeness (QED) is 0.597. The molecule has 62 valence electrons. The SMILES string of the molecule is CCCCSc1nc(Br)cs1. The monoisotopic (exact) mass is 251 g/mol. The fraction of sp³-hybridized carbons (Fsp3) is 0.571. The molecule has 0 radical (unpaired) electrons. The van der Waals surface area contributed by atoms with Crippen molar-refractivity contribution >= 4 is 39.0 Å². The summed E-state index contributed by atoms with van der Waals surface area (Å²) in [4.78, 5) is 4.28. The Hall–Kier alpha value is 0.460. The van der Waals surface area contributed by atoms with E-state index in [0.717, 1.165) is 4.60 Å². The molecule has 0 unspecified atom stereocenters. The van der Waals surface area contributed by atoms with Crippen LogP contribution in [0.4, 0.5) is 0 Å². The lowest BCUT2D eigenvalue weighted by molar-refractivity contribution is 0.895. The van der Waals surface area contributed by atoms with Crippen molar-refractivity contribution in [2.45, 2.75) is 24.1 Å². The van der Waals surface area contributed by atoms with Gasteiger partial charge in [-0.1, -0.05) is 25.1 Å². The summed E-state index contributed by atoms with van der Waals surface area (Å²) in [6.07, 6.45) is 2.54. The first-order valence-electron chi connectivity index (χ1n) is 3.56. The first kappa shape index (κ1) is 9.55. The van der Waals surface area contributed by atoms with Crippen molar-refractivity contribution in [3.8, 4) is 0 Å². The topological polar surface area (TPSA) is 12.9 Å². The molecule has 0 N–H and O–H groups in total. The van der Waals surface area contributed by atoms with Crippen LogP contribution in [0, 0.1) is 0 Å². The van der Waals surface area contributed by atoms with E-state index < -0.39 is 0 Å². The van der Waals surface area contributed by atoms with Gasteiger partial charge in [0, 0.05) is 11.1 Å². The van der Waals surface area contributed by atoms with Crippen molar-refractivity contribution in [2.24, 2.45) is 0 Å². The summed E-state index contributed by atoms with van der Waals surface area (Å²) in [6, 6.07) is 0. The van der Waals surface area contributed by atoms with Crippen LogP contribution in [0.15, 0.2) is 14.3 Å². The van der Waals surface area contributed by atoms with Crippen LogP contribution in [0.1, 0.15) is 19.8 Å². The minimum absolute atomic E-state index is 0.960. The van der Waals surface area contributed by atoms with E-state index in [1.807, 2.05) is 17.1 Å². The minimum Gasteiger partial charge on any atom is -0.223 e. The van der Waals surface area contributed by atoms with Gasteiger partial charge in [-0.15, -0.1) is 11.3 Å². The summed E-state index contributed by atoms with van der Waals surface area (Å²) in [5.41, 5.74) is 0. The predicted octanol–water partition coefficient (Wildman–Crippen LogP) is 3.80. The van der Waals surface area contributed by atoms with E-state index in [2.05, 4.69) is 27.8 Å². The molecule has 0 bridgehead atoms. The van der Waals surface area contributed by atoms with Crippen LogP contribution in [0.2, 0.25) is 0 Å². The van der Waals surface area contributed by atoms with E-state index in [1.54, 1.807) is 11.3 Å². The Bertz CT molecular complexity index is 212. The van der Waals surface area contributed by atoms with E-state index in [1.165, 1.54) is 22.9 Å². The van der Waals surface area contributed by atoms with Crippen LogP contribution in [-0.4, -0.2) is 10.7 Å². The summed E-state index contributed by atoms with van der Waals surface area (Å²) in [5, 5.41) is 2.02. The van der Waals surface area contributed by atoms with Gasteiger partial charge < -0.3 is 0 Å². The van der Waals surface area contributed by atoms with E-state index >= 15 is 0 Å². The number of hydrogen-bond acceptors (Lipinski definition) is 3. The van der Waals surface area contributed by atoms with E-state index in [0.29, 0.717) is 0 Å². The Morgan fingerprint density at radius 1 is 1.73 bits per heavy atom.